The Morgan fingerprint density at radius 3 is 2.49 bits per heavy atom. The molecule has 0 aliphatic heterocycles. The first kappa shape index (κ1) is 23.0. The molecule has 1 fully saturated rings. The third-order valence-corrected chi connectivity index (χ3v) is 7.32. The number of hydrogen-bond donors (Lipinski definition) is 1. The van der Waals surface area contributed by atoms with Crippen molar-refractivity contribution in [2.24, 2.45) is 11.8 Å². The van der Waals surface area contributed by atoms with E-state index in [1.165, 1.54) is 30.7 Å². The molecule has 5 rings (SSSR count). The van der Waals surface area contributed by atoms with E-state index in [2.05, 4.69) is 29.2 Å². The molecule has 3 heterocycles. The summed E-state index contributed by atoms with van der Waals surface area (Å²) in [6.45, 7) is 4.47. The number of fused-ring (bicyclic) bond motifs is 1. The summed E-state index contributed by atoms with van der Waals surface area (Å²) >= 11 is 0.787. The van der Waals surface area contributed by atoms with Gasteiger partial charge in [-0.15, -0.1) is 0 Å². The summed E-state index contributed by atoms with van der Waals surface area (Å²) in [4.78, 5) is 32.9. The van der Waals surface area contributed by atoms with Crippen LogP contribution >= 0.6 is 11.3 Å². The molecule has 0 bridgehead atoms. The van der Waals surface area contributed by atoms with Gasteiger partial charge in [-0.25, -0.2) is 19.0 Å². The SMILES string of the molecule is CC1CC(C)CC(n2ncc3c(NC(=O)c4ccc([N+](=O)[O-])s4)nc(-c4ccc(F)cc4)nc32)C1. The van der Waals surface area contributed by atoms with E-state index in [4.69, 9.17) is 4.98 Å². The van der Waals surface area contributed by atoms with Crippen LogP contribution < -0.4 is 5.32 Å². The van der Waals surface area contributed by atoms with Crippen LogP contribution in [0.2, 0.25) is 0 Å². The number of nitro groups is 1. The van der Waals surface area contributed by atoms with Gasteiger partial charge in [0.15, 0.2) is 11.5 Å². The zero-order chi connectivity index (χ0) is 24.7. The number of thiophene rings is 1. The van der Waals surface area contributed by atoms with Gasteiger partial charge in [-0.1, -0.05) is 25.2 Å². The molecule has 180 valence electrons. The average Bonchev–Trinajstić information content (AvgIpc) is 3.47. The van der Waals surface area contributed by atoms with Crippen molar-refractivity contribution in [2.45, 2.75) is 39.2 Å². The topological polar surface area (TPSA) is 116 Å². The Morgan fingerprint density at radius 2 is 1.83 bits per heavy atom. The molecule has 1 saturated carbocycles. The Balaban J connectivity index is 1.58. The van der Waals surface area contributed by atoms with Crippen LogP contribution in [-0.2, 0) is 0 Å². The highest BCUT2D eigenvalue weighted by Gasteiger charge is 2.28. The highest BCUT2D eigenvalue weighted by molar-refractivity contribution is 7.17. The third-order valence-electron chi connectivity index (χ3n) is 6.28. The Morgan fingerprint density at radius 1 is 1.11 bits per heavy atom. The van der Waals surface area contributed by atoms with Crippen LogP contribution in [0.4, 0.5) is 15.2 Å². The number of amides is 1. The smallest absolute Gasteiger partial charge is 0.305 e. The van der Waals surface area contributed by atoms with E-state index in [1.54, 1.807) is 18.3 Å². The van der Waals surface area contributed by atoms with Gasteiger partial charge in [0.2, 0.25) is 0 Å². The number of rotatable bonds is 5. The second-order valence-electron chi connectivity index (χ2n) is 9.15. The fourth-order valence-electron chi connectivity index (χ4n) is 4.84. The molecule has 0 radical (unpaired) electrons. The Labute approximate surface area is 204 Å². The van der Waals surface area contributed by atoms with Gasteiger partial charge < -0.3 is 5.32 Å². The normalized spacial score (nSPS) is 20.1. The maximum absolute atomic E-state index is 13.5. The largest absolute Gasteiger partial charge is 0.324 e. The lowest BCUT2D eigenvalue weighted by atomic mass is 9.80. The Bertz CT molecular complexity index is 1410. The molecule has 9 nitrogen and oxygen atoms in total. The molecule has 35 heavy (non-hydrogen) atoms. The van der Waals surface area contributed by atoms with Crippen molar-refractivity contribution < 1.29 is 14.1 Å². The van der Waals surface area contributed by atoms with Crippen LogP contribution in [-0.4, -0.2) is 30.6 Å². The van der Waals surface area contributed by atoms with E-state index in [0.29, 0.717) is 34.3 Å². The molecule has 1 amide bonds. The first-order chi connectivity index (χ1) is 16.8. The second-order valence-corrected chi connectivity index (χ2v) is 10.2. The van der Waals surface area contributed by atoms with Crippen molar-refractivity contribution >= 4 is 39.1 Å². The maximum Gasteiger partial charge on any atom is 0.324 e. The number of nitrogens with one attached hydrogen (secondary N) is 1. The second kappa shape index (κ2) is 9.14. The molecular formula is C24H23FN6O3S. The number of carbonyl (C=O) groups is 1. The molecule has 1 aliphatic carbocycles. The van der Waals surface area contributed by atoms with E-state index < -0.39 is 10.8 Å². The lowest BCUT2D eigenvalue weighted by Crippen LogP contribution is -2.23. The minimum atomic E-state index is -0.535. The van der Waals surface area contributed by atoms with Crippen molar-refractivity contribution in [1.82, 2.24) is 19.7 Å². The van der Waals surface area contributed by atoms with Crippen LogP contribution in [0.25, 0.3) is 22.4 Å². The highest BCUT2D eigenvalue weighted by Crippen LogP contribution is 2.38. The summed E-state index contributed by atoms with van der Waals surface area (Å²) in [5, 5.41) is 18.9. The van der Waals surface area contributed by atoms with Gasteiger partial charge >= 0.3 is 5.00 Å². The van der Waals surface area contributed by atoms with Crippen LogP contribution in [0.1, 0.15) is 48.8 Å². The van der Waals surface area contributed by atoms with Gasteiger partial charge in [0.1, 0.15) is 11.6 Å². The fourth-order valence-corrected chi connectivity index (χ4v) is 5.55. The summed E-state index contributed by atoms with van der Waals surface area (Å²) in [6.07, 6.45) is 4.75. The van der Waals surface area contributed by atoms with Crippen LogP contribution in [0, 0.1) is 27.8 Å². The molecule has 1 N–H and O–H groups in total. The number of anilines is 1. The zero-order valence-electron chi connectivity index (χ0n) is 19.1. The number of nitrogens with zero attached hydrogens (tertiary/aromatic N) is 5. The molecule has 4 aromatic rings. The summed E-state index contributed by atoms with van der Waals surface area (Å²) in [5.74, 6) is 0.784. The van der Waals surface area contributed by atoms with Gasteiger partial charge in [0.25, 0.3) is 5.91 Å². The van der Waals surface area contributed by atoms with Gasteiger partial charge in [-0.05, 0) is 61.4 Å². The van der Waals surface area contributed by atoms with E-state index in [1.807, 2.05) is 4.68 Å². The standard InChI is InChI=1S/C24H23FN6O3S/c1-13-9-14(2)11-17(10-13)30-23-18(12-26-30)22(27-21(28-23)15-3-5-16(25)6-4-15)29-24(32)19-7-8-20(35-19)31(33)34/h3-8,12-14,17H,9-11H2,1-2H3,(H,27,28,29,32). The fraction of sp³-hybridized carbons (Fsp3) is 0.333. The summed E-state index contributed by atoms with van der Waals surface area (Å²) in [5.41, 5.74) is 1.17. The highest BCUT2D eigenvalue weighted by atomic mass is 32.1. The maximum atomic E-state index is 13.5. The lowest BCUT2D eigenvalue weighted by molar-refractivity contribution is -0.380. The average molecular weight is 495 g/mol. The van der Waals surface area contributed by atoms with Gasteiger partial charge in [-0.2, -0.15) is 5.10 Å². The van der Waals surface area contributed by atoms with Crippen molar-refractivity contribution in [2.75, 3.05) is 5.32 Å². The predicted octanol–water partition coefficient (Wildman–Crippen LogP) is 5.85. The molecule has 2 unspecified atom stereocenters. The summed E-state index contributed by atoms with van der Waals surface area (Å²) < 4.78 is 15.4. The Kier molecular flexibility index (Phi) is 6.01. The third kappa shape index (κ3) is 4.63. The number of halogens is 1. The minimum Gasteiger partial charge on any atom is -0.305 e. The van der Waals surface area contributed by atoms with Crippen LogP contribution in [0.5, 0.6) is 0 Å². The number of aromatic nitrogens is 4. The number of hydrogen-bond acceptors (Lipinski definition) is 7. The summed E-state index contributed by atoms with van der Waals surface area (Å²) in [6, 6.07) is 8.67. The van der Waals surface area contributed by atoms with Crippen LogP contribution in [0.3, 0.4) is 0 Å². The lowest BCUT2D eigenvalue weighted by Gasteiger charge is -2.31. The number of carbonyl (C=O) groups excluding carboxylic acids is 1. The first-order valence-electron chi connectivity index (χ1n) is 11.3. The van der Waals surface area contributed by atoms with Crippen molar-refractivity contribution in [1.29, 1.82) is 0 Å². The molecule has 1 aliphatic rings. The predicted molar refractivity (Wildman–Crippen MR) is 131 cm³/mol. The zero-order valence-corrected chi connectivity index (χ0v) is 20.0. The monoisotopic (exact) mass is 494 g/mol. The van der Waals surface area contributed by atoms with Crippen molar-refractivity contribution in [3.63, 3.8) is 0 Å². The van der Waals surface area contributed by atoms with E-state index in [9.17, 15) is 19.3 Å². The van der Waals surface area contributed by atoms with E-state index in [-0.39, 0.29) is 27.6 Å². The minimum absolute atomic E-state index is 0.122. The first-order valence-corrected chi connectivity index (χ1v) is 12.2. The molecule has 1 aromatic carbocycles. The van der Waals surface area contributed by atoms with Gasteiger partial charge in [0, 0.05) is 11.6 Å². The van der Waals surface area contributed by atoms with Crippen LogP contribution in [0.15, 0.2) is 42.6 Å². The van der Waals surface area contributed by atoms with Crippen molar-refractivity contribution in [3.8, 4) is 11.4 Å². The molecule has 3 aromatic heterocycles. The van der Waals surface area contributed by atoms with E-state index in [0.717, 1.165) is 24.2 Å². The molecule has 11 heteroatoms. The van der Waals surface area contributed by atoms with E-state index >= 15 is 0 Å². The quantitative estimate of drug-likeness (QED) is 0.275. The molecule has 0 spiro atoms. The Hall–Kier alpha value is -3.73. The molecule has 0 saturated heterocycles. The van der Waals surface area contributed by atoms with Gasteiger partial charge in [0.05, 0.1) is 27.4 Å². The number of benzene rings is 1. The molecular weight excluding hydrogens is 471 g/mol. The molecule has 2 atom stereocenters. The summed E-state index contributed by atoms with van der Waals surface area (Å²) in [7, 11) is 0. The van der Waals surface area contributed by atoms with Gasteiger partial charge in [-0.3, -0.25) is 14.9 Å². The van der Waals surface area contributed by atoms with Crippen molar-refractivity contribution in [3.05, 3.63) is 63.4 Å².